The van der Waals surface area contributed by atoms with Crippen molar-refractivity contribution >= 4 is 5.91 Å². The Morgan fingerprint density at radius 1 is 1.26 bits per heavy atom. The SMILES string of the molecule is N#CC1(C(=O)N2CC(n3cc(-c4ccccc4)nn3)C2)CCC1. The van der Waals surface area contributed by atoms with Gasteiger partial charge in [-0.1, -0.05) is 35.5 Å². The summed E-state index contributed by atoms with van der Waals surface area (Å²) in [5, 5.41) is 17.7. The van der Waals surface area contributed by atoms with E-state index in [0.29, 0.717) is 25.9 Å². The van der Waals surface area contributed by atoms with Gasteiger partial charge >= 0.3 is 0 Å². The summed E-state index contributed by atoms with van der Waals surface area (Å²) < 4.78 is 1.83. The lowest BCUT2D eigenvalue weighted by atomic mass is 9.68. The minimum absolute atomic E-state index is 0.00843. The maximum Gasteiger partial charge on any atom is 0.243 e. The molecule has 4 rings (SSSR count). The number of rotatable bonds is 3. The molecule has 0 radical (unpaired) electrons. The predicted molar refractivity (Wildman–Crippen MR) is 83.0 cm³/mol. The van der Waals surface area contributed by atoms with Gasteiger partial charge in [-0.3, -0.25) is 4.79 Å². The van der Waals surface area contributed by atoms with Gasteiger partial charge in [-0.25, -0.2) is 4.68 Å². The number of likely N-dealkylation sites (tertiary alicyclic amines) is 1. The van der Waals surface area contributed by atoms with Crippen molar-refractivity contribution in [3.63, 3.8) is 0 Å². The van der Waals surface area contributed by atoms with Gasteiger partial charge in [0.05, 0.1) is 18.3 Å². The van der Waals surface area contributed by atoms with Gasteiger partial charge in [0.25, 0.3) is 0 Å². The Balaban J connectivity index is 1.42. The normalized spacial score (nSPS) is 19.5. The fraction of sp³-hybridized carbons (Fsp3) is 0.412. The lowest BCUT2D eigenvalue weighted by molar-refractivity contribution is -0.149. The maximum atomic E-state index is 12.4. The first-order valence-electron chi connectivity index (χ1n) is 7.90. The van der Waals surface area contributed by atoms with Crippen molar-refractivity contribution in [2.24, 2.45) is 5.41 Å². The van der Waals surface area contributed by atoms with Crippen molar-refractivity contribution < 1.29 is 4.79 Å². The molecule has 1 saturated carbocycles. The molecule has 0 atom stereocenters. The standard InChI is InChI=1S/C17H17N5O/c18-12-17(7-4-8-17)16(23)21-9-14(10-21)22-11-15(19-20-22)13-5-2-1-3-6-13/h1-3,5-6,11,14H,4,7-10H2. The fourth-order valence-corrected chi connectivity index (χ4v) is 3.19. The number of amides is 1. The van der Waals surface area contributed by atoms with Crippen molar-refractivity contribution in [3.05, 3.63) is 36.5 Å². The Morgan fingerprint density at radius 3 is 2.61 bits per heavy atom. The molecule has 1 amide bonds. The number of nitriles is 1. The lowest BCUT2D eigenvalue weighted by Crippen LogP contribution is -2.57. The van der Waals surface area contributed by atoms with Crippen LogP contribution in [0.1, 0.15) is 25.3 Å². The molecule has 2 fully saturated rings. The molecule has 6 nitrogen and oxygen atoms in total. The molecule has 23 heavy (non-hydrogen) atoms. The number of carbonyl (C=O) groups is 1. The smallest absolute Gasteiger partial charge is 0.243 e. The molecule has 0 N–H and O–H groups in total. The second-order valence-electron chi connectivity index (χ2n) is 6.36. The van der Waals surface area contributed by atoms with E-state index in [4.69, 9.17) is 0 Å². The van der Waals surface area contributed by atoms with Gasteiger partial charge < -0.3 is 4.90 Å². The number of hydrogen-bond acceptors (Lipinski definition) is 4. The minimum Gasteiger partial charge on any atom is -0.337 e. The maximum absolute atomic E-state index is 12.4. The van der Waals surface area contributed by atoms with Crippen molar-refractivity contribution in [3.8, 4) is 17.3 Å². The molecule has 1 aliphatic heterocycles. The van der Waals surface area contributed by atoms with Crippen molar-refractivity contribution in [2.75, 3.05) is 13.1 Å². The molecule has 6 heteroatoms. The zero-order valence-corrected chi connectivity index (χ0v) is 12.7. The van der Waals surface area contributed by atoms with Crippen LogP contribution in [0.15, 0.2) is 36.5 Å². The number of carbonyl (C=O) groups excluding carboxylic acids is 1. The van der Waals surface area contributed by atoms with Crippen LogP contribution in [-0.4, -0.2) is 38.9 Å². The number of benzene rings is 1. The van der Waals surface area contributed by atoms with Crippen LogP contribution in [-0.2, 0) is 4.79 Å². The highest BCUT2D eigenvalue weighted by Gasteiger charge is 2.49. The van der Waals surface area contributed by atoms with Crippen LogP contribution in [0.2, 0.25) is 0 Å². The Kier molecular flexibility index (Phi) is 3.15. The van der Waals surface area contributed by atoms with Gasteiger partial charge in [0.1, 0.15) is 11.1 Å². The van der Waals surface area contributed by atoms with E-state index in [9.17, 15) is 10.1 Å². The first-order valence-corrected chi connectivity index (χ1v) is 7.90. The average Bonchev–Trinajstić information content (AvgIpc) is 2.96. The predicted octanol–water partition coefficient (Wildman–Crippen LogP) is 2.02. The van der Waals surface area contributed by atoms with Gasteiger partial charge in [-0.2, -0.15) is 5.26 Å². The monoisotopic (exact) mass is 307 g/mol. The summed E-state index contributed by atoms with van der Waals surface area (Å²) in [6.07, 6.45) is 4.29. The molecule has 2 aliphatic rings. The van der Waals surface area contributed by atoms with E-state index in [1.54, 1.807) is 4.90 Å². The summed E-state index contributed by atoms with van der Waals surface area (Å²) in [5.41, 5.74) is 1.12. The highest BCUT2D eigenvalue weighted by atomic mass is 16.2. The quantitative estimate of drug-likeness (QED) is 0.869. The molecule has 1 aromatic carbocycles. The fourth-order valence-electron chi connectivity index (χ4n) is 3.19. The van der Waals surface area contributed by atoms with Crippen LogP contribution < -0.4 is 0 Å². The second kappa shape index (κ2) is 5.20. The highest BCUT2D eigenvalue weighted by Crippen LogP contribution is 2.43. The molecule has 116 valence electrons. The van der Waals surface area contributed by atoms with Crippen LogP contribution in [0.5, 0.6) is 0 Å². The van der Waals surface area contributed by atoms with E-state index in [1.807, 2.05) is 41.2 Å². The molecule has 0 unspecified atom stereocenters. The number of hydrogen-bond donors (Lipinski definition) is 0. The average molecular weight is 307 g/mol. The van der Waals surface area contributed by atoms with Crippen molar-refractivity contribution in [2.45, 2.75) is 25.3 Å². The van der Waals surface area contributed by atoms with E-state index in [-0.39, 0.29) is 11.9 Å². The van der Waals surface area contributed by atoms with E-state index < -0.39 is 5.41 Å². The molecular weight excluding hydrogens is 290 g/mol. The van der Waals surface area contributed by atoms with Gasteiger partial charge in [0, 0.05) is 18.7 Å². The van der Waals surface area contributed by atoms with Gasteiger partial charge in [-0.05, 0) is 19.3 Å². The van der Waals surface area contributed by atoms with Crippen LogP contribution in [0.25, 0.3) is 11.3 Å². The second-order valence-corrected chi connectivity index (χ2v) is 6.36. The van der Waals surface area contributed by atoms with Crippen LogP contribution >= 0.6 is 0 Å². The molecule has 0 bridgehead atoms. The third-order valence-electron chi connectivity index (χ3n) is 4.93. The molecule has 1 aromatic heterocycles. The molecule has 1 aliphatic carbocycles. The first-order chi connectivity index (χ1) is 11.2. The number of aromatic nitrogens is 3. The first kappa shape index (κ1) is 13.9. The Morgan fingerprint density at radius 2 is 2.00 bits per heavy atom. The third-order valence-corrected chi connectivity index (χ3v) is 4.93. The summed E-state index contributed by atoms with van der Waals surface area (Å²) in [4.78, 5) is 14.2. The Labute approximate surface area is 134 Å². The lowest BCUT2D eigenvalue weighted by Gasteiger charge is -2.45. The molecular formula is C17H17N5O. The molecule has 0 spiro atoms. The summed E-state index contributed by atoms with van der Waals surface area (Å²) in [5.74, 6) is -0.00843. The molecule has 1 saturated heterocycles. The summed E-state index contributed by atoms with van der Waals surface area (Å²) in [6, 6.07) is 12.3. The van der Waals surface area contributed by atoms with Gasteiger partial charge in [0.15, 0.2) is 0 Å². The largest absolute Gasteiger partial charge is 0.337 e. The minimum atomic E-state index is -0.747. The topological polar surface area (TPSA) is 74.8 Å². The van der Waals surface area contributed by atoms with E-state index in [0.717, 1.165) is 17.7 Å². The van der Waals surface area contributed by atoms with Crippen molar-refractivity contribution in [1.82, 2.24) is 19.9 Å². The third kappa shape index (κ3) is 2.20. The van der Waals surface area contributed by atoms with Crippen LogP contribution in [0.3, 0.4) is 0 Å². The summed E-state index contributed by atoms with van der Waals surface area (Å²) in [7, 11) is 0. The zero-order valence-electron chi connectivity index (χ0n) is 12.7. The van der Waals surface area contributed by atoms with E-state index >= 15 is 0 Å². The zero-order chi connectivity index (χ0) is 15.9. The van der Waals surface area contributed by atoms with Gasteiger partial charge in [-0.15, -0.1) is 5.10 Å². The number of nitrogens with zero attached hydrogens (tertiary/aromatic N) is 5. The Hall–Kier alpha value is -2.68. The molecule has 2 heterocycles. The van der Waals surface area contributed by atoms with E-state index in [1.165, 1.54) is 0 Å². The molecule has 2 aromatic rings. The Bertz CT molecular complexity index is 766. The van der Waals surface area contributed by atoms with Crippen molar-refractivity contribution in [1.29, 1.82) is 5.26 Å². The summed E-state index contributed by atoms with van der Waals surface area (Å²) >= 11 is 0. The van der Waals surface area contributed by atoms with E-state index in [2.05, 4.69) is 16.4 Å². The summed E-state index contributed by atoms with van der Waals surface area (Å²) in [6.45, 7) is 1.22. The van der Waals surface area contributed by atoms with Crippen LogP contribution in [0, 0.1) is 16.7 Å². The highest BCUT2D eigenvalue weighted by molar-refractivity contribution is 5.87. The van der Waals surface area contributed by atoms with Crippen LogP contribution in [0.4, 0.5) is 0 Å². The van der Waals surface area contributed by atoms with Gasteiger partial charge in [0.2, 0.25) is 5.91 Å².